The van der Waals surface area contributed by atoms with Gasteiger partial charge in [-0.15, -0.1) is 10.2 Å². The molecule has 1 aromatic heterocycles. The number of anilines is 1. The molecule has 3 rings (SSSR count). The average molecular weight is 305 g/mol. The number of fused-ring (bicyclic) bond motifs is 1. The second-order valence-corrected chi connectivity index (χ2v) is 6.49. The standard InChI is InChI=1S/C15H19N3O2S/c1-10(2)7-14-17-18-15(21-14)16-9-11-3-4-12-13(8-11)20-6-5-19-12/h3-4,8,10H,5-7,9H2,1-2H3,(H,16,18). The van der Waals surface area contributed by atoms with Crippen molar-refractivity contribution in [3.05, 3.63) is 28.8 Å². The molecule has 21 heavy (non-hydrogen) atoms. The van der Waals surface area contributed by atoms with Crippen molar-refractivity contribution in [2.24, 2.45) is 5.92 Å². The topological polar surface area (TPSA) is 56.3 Å². The molecule has 112 valence electrons. The molecular weight excluding hydrogens is 286 g/mol. The Morgan fingerprint density at radius 1 is 1.19 bits per heavy atom. The van der Waals surface area contributed by atoms with Crippen LogP contribution in [0.3, 0.4) is 0 Å². The summed E-state index contributed by atoms with van der Waals surface area (Å²) in [6.45, 7) is 6.30. The van der Waals surface area contributed by atoms with Crippen molar-refractivity contribution in [1.82, 2.24) is 10.2 Å². The molecule has 0 fully saturated rings. The van der Waals surface area contributed by atoms with Gasteiger partial charge in [0.1, 0.15) is 18.2 Å². The molecule has 5 nitrogen and oxygen atoms in total. The minimum Gasteiger partial charge on any atom is -0.486 e. The Morgan fingerprint density at radius 2 is 2.00 bits per heavy atom. The lowest BCUT2D eigenvalue weighted by atomic mass is 10.1. The average Bonchev–Trinajstić information content (AvgIpc) is 2.91. The van der Waals surface area contributed by atoms with Gasteiger partial charge in [-0.25, -0.2) is 0 Å². The Kier molecular flexibility index (Phi) is 4.24. The first-order valence-electron chi connectivity index (χ1n) is 7.15. The van der Waals surface area contributed by atoms with Gasteiger partial charge in [-0.05, 0) is 23.6 Å². The van der Waals surface area contributed by atoms with Crippen molar-refractivity contribution in [3.8, 4) is 11.5 Å². The largest absolute Gasteiger partial charge is 0.486 e. The molecule has 1 aliphatic heterocycles. The van der Waals surface area contributed by atoms with Crippen LogP contribution in [0.4, 0.5) is 5.13 Å². The van der Waals surface area contributed by atoms with Crippen LogP contribution in [-0.4, -0.2) is 23.4 Å². The Labute approximate surface area is 128 Å². The fraction of sp³-hybridized carbons (Fsp3) is 0.467. The summed E-state index contributed by atoms with van der Waals surface area (Å²) in [5.74, 6) is 2.24. The highest BCUT2D eigenvalue weighted by atomic mass is 32.1. The van der Waals surface area contributed by atoms with E-state index < -0.39 is 0 Å². The van der Waals surface area contributed by atoms with E-state index in [0.717, 1.165) is 33.6 Å². The van der Waals surface area contributed by atoms with E-state index in [1.807, 2.05) is 18.2 Å². The van der Waals surface area contributed by atoms with E-state index in [9.17, 15) is 0 Å². The van der Waals surface area contributed by atoms with Crippen LogP contribution in [0.25, 0.3) is 0 Å². The molecule has 1 aliphatic rings. The van der Waals surface area contributed by atoms with E-state index in [1.54, 1.807) is 11.3 Å². The molecule has 1 N–H and O–H groups in total. The van der Waals surface area contributed by atoms with E-state index >= 15 is 0 Å². The highest BCUT2D eigenvalue weighted by Gasteiger charge is 2.12. The molecular formula is C15H19N3O2S. The number of ether oxygens (including phenoxy) is 2. The lowest BCUT2D eigenvalue weighted by Crippen LogP contribution is -2.15. The number of hydrogen-bond acceptors (Lipinski definition) is 6. The monoisotopic (exact) mass is 305 g/mol. The van der Waals surface area contributed by atoms with E-state index in [1.165, 1.54) is 0 Å². The summed E-state index contributed by atoms with van der Waals surface area (Å²) in [5.41, 5.74) is 1.14. The van der Waals surface area contributed by atoms with Crippen LogP contribution in [-0.2, 0) is 13.0 Å². The van der Waals surface area contributed by atoms with Crippen LogP contribution < -0.4 is 14.8 Å². The van der Waals surface area contributed by atoms with Gasteiger partial charge in [0.25, 0.3) is 0 Å². The summed E-state index contributed by atoms with van der Waals surface area (Å²) in [7, 11) is 0. The van der Waals surface area contributed by atoms with Gasteiger partial charge in [0.2, 0.25) is 5.13 Å². The van der Waals surface area contributed by atoms with Crippen LogP contribution in [0, 0.1) is 5.92 Å². The second kappa shape index (κ2) is 6.30. The third kappa shape index (κ3) is 3.64. The minimum absolute atomic E-state index is 0.601. The summed E-state index contributed by atoms with van der Waals surface area (Å²) >= 11 is 1.62. The molecule has 0 aliphatic carbocycles. The lowest BCUT2D eigenvalue weighted by molar-refractivity contribution is 0.171. The first-order valence-corrected chi connectivity index (χ1v) is 7.97. The predicted molar refractivity (Wildman–Crippen MR) is 83.2 cm³/mol. The van der Waals surface area contributed by atoms with Crippen LogP contribution in [0.15, 0.2) is 18.2 Å². The molecule has 0 amide bonds. The Morgan fingerprint density at radius 3 is 2.81 bits per heavy atom. The summed E-state index contributed by atoms with van der Waals surface area (Å²) < 4.78 is 11.1. The molecule has 1 aromatic carbocycles. The summed E-state index contributed by atoms with van der Waals surface area (Å²) in [6.07, 6.45) is 0.976. The second-order valence-electron chi connectivity index (χ2n) is 5.43. The van der Waals surface area contributed by atoms with Crippen LogP contribution in [0.2, 0.25) is 0 Å². The normalized spacial score (nSPS) is 13.5. The van der Waals surface area contributed by atoms with E-state index in [2.05, 4.69) is 29.4 Å². The van der Waals surface area contributed by atoms with Crippen molar-refractivity contribution < 1.29 is 9.47 Å². The fourth-order valence-corrected chi connectivity index (χ4v) is 3.08. The molecule has 2 aromatic rings. The number of nitrogens with one attached hydrogen (secondary N) is 1. The SMILES string of the molecule is CC(C)Cc1nnc(NCc2ccc3c(c2)OCCO3)s1. The smallest absolute Gasteiger partial charge is 0.205 e. The number of hydrogen-bond donors (Lipinski definition) is 1. The van der Waals surface area contributed by atoms with E-state index in [-0.39, 0.29) is 0 Å². The number of aromatic nitrogens is 2. The zero-order chi connectivity index (χ0) is 14.7. The van der Waals surface area contributed by atoms with Crippen LogP contribution in [0.5, 0.6) is 11.5 Å². The Bertz CT molecular complexity index is 613. The first kappa shape index (κ1) is 14.1. The van der Waals surface area contributed by atoms with Crippen molar-refractivity contribution in [3.63, 3.8) is 0 Å². The van der Waals surface area contributed by atoms with Gasteiger partial charge in [-0.3, -0.25) is 0 Å². The molecule has 0 spiro atoms. The van der Waals surface area contributed by atoms with Gasteiger partial charge in [0.05, 0.1) is 0 Å². The van der Waals surface area contributed by atoms with Gasteiger partial charge < -0.3 is 14.8 Å². The summed E-state index contributed by atoms with van der Waals surface area (Å²) in [4.78, 5) is 0. The van der Waals surface area contributed by atoms with Crippen molar-refractivity contribution in [2.45, 2.75) is 26.8 Å². The van der Waals surface area contributed by atoms with Gasteiger partial charge >= 0.3 is 0 Å². The van der Waals surface area contributed by atoms with E-state index in [4.69, 9.17) is 9.47 Å². The molecule has 0 atom stereocenters. The minimum atomic E-state index is 0.601. The van der Waals surface area contributed by atoms with Gasteiger partial charge in [0, 0.05) is 13.0 Å². The first-order chi connectivity index (χ1) is 10.2. The summed E-state index contributed by atoms with van der Waals surface area (Å²) in [6, 6.07) is 6.00. The maximum Gasteiger partial charge on any atom is 0.205 e. The zero-order valence-electron chi connectivity index (χ0n) is 12.3. The zero-order valence-corrected chi connectivity index (χ0v) is 13.1. The third-order valence-electron chi connectivity index (χ3n) is 3.10. The quantitative estimate of drug-likeness (QED) is 0.920. The highest BCUT2D eigenvalue weighted by Crippen LogP contribution is 2.31. The molecule has 0 saturated carbocycles. The van der Waals surface area contributed by atoms with Gasteiger partial charge in [-0.1, -0.05) is 31.3 Å². The third-order valence-corrected chi connectivity index (χ3v) is 4.00. The number of rotatable bonds is 5. The maximum atomic E-state index is 5.59. The highest BCUT2D eigenvalue weighted by molar-refractivity contribution is 7.15. The predicted octanol–water partition coefficient (Wildman–Crippen LogP) is 3.12. The molecule has 2 heterocycles. The van der Waals surface area contributed by atoms with Gasteiger partial charge in [-0.2, -0.15) is 0 Å². The van der Waals surface area contributed by atoms with Crippen molar-refractivity contribution in [1.29, 1.82) is 0 Å². The van der Waals surface area contributed by atoms with Crippen molar-refractivity contribution >= 4 is 16.5 Å². The van der Waals surface area contributed by atoms with Crippen molar-refractivity contribution in [2.75, 3.05) is 18.5 Å². The fourth-order valence-electron chi connectivity index (χ4n) is 2.13. The molecule has 0 radical (unpaired) electrons. The van der Waals surface area contributed by atoms with Crippen LogP contribution >= 0.6 is 11.3 Å². The number of nitrogens with zero attached hydrogens (tertiary/aromatic N) is 2. The Balaban J connectivity index is 1.61. The van der Waals surface area contributed by atoms with E-state index in [0.29, 0.717) is 25.7 Å². The van der Waals surface area contributed by atoms with Gasteiger partial charge in [0.15, 0.2) is 11.5 Å². The molecule has 6 heteroatoms. The lowest BCUT2D eigenvalue weighted by Gasteiger charge is -2.18. The van der Waals surface area contributed by atoms with Crippen LogP contribution in [0.1, 0.15) is 24.4 Å². The summed E-state index contributed by atoms with van der Waals surface area (Å²) in [5, 5.41) is 13.6. The molecule has 0 unspecified atom stereocenters. The maximum absolute atomic E-state index is 5.59. The number of benzene rings is 1. The molecule has 0 bridgehead atoms. The Hall–Kier alpha value is -1.82. The molecule has 0 saturated heterocycles.